The van der Waals surface area contributed by atoms with E-state index in [9.17, 15) is 4.79 Å². The summed E-state index contributed by atoms with van der Waals surface area (Å²) in [5.74, 6) is 2.03. The highest BCUT2D eigenvalue weighted by atomic mass is 35.5. The van der Waals surface area contributed by atoms with Crippen molar-refractivity contribution in [3.63, 3.8) is 0 Å². The molecule has 4 atom stereocenters. The lowest BCUT2D eigenvalue weighted by Crippen LogP contribution is -2.38. The molecule has 0 spiro atoms. The molecule has 2 fully saturated rings. The number of carbonyl (C=O) groups is 1. The second-order valence-corrected chi connectivity index (χ2v) is 12.0. The molecule has 0 radical (unpaired) electrons. The monoisotopic (exact) mass is 600 g/mol. The van der Waals surface area contributed by atoms with Gasteiger partial charge in [0.25, 0.3) is 0 Å². The average molecular weight is 601 g/mol. The largest absolute Gasteiger partial charge is 0.465 e. The Morgan fingerprint density at radius 2 is 1.81 bits per heavy atom. The fourth-order valence-electron chi connectivity index (χ4n) is 6.33. The summed E-state index contributed by atoms with van der Waals surface area (Å²) in [5, 5.41) is 4.70. The number of furan rings is 1. The Hall–Kier alpha value is -3.88. The third kappa shape index (κ3) is 5.37. The van der Waals surface area contributed by atoms with Crippen LogP contribution >= 0.6 is 23.8 Å². The summed E-state index contributed by atoms with van der Waals surface area (Å²) in [6, 6.07) is 22.4. The number of thiocarbonyl (C=S) groups is 1. The summed E-state index contributed by atoms with van der Waals surface area (Å²) in [7, 11) is 1.37. The molecule has 2 aliphatic heterocycles. The van der Waals surface area contributed by atoms with Crippen molar-refractivity contribution >= 4 is 46.3 Å². The second kappa shape index (κ2) is 11.8. The maximum Gasteiger partial charge on any atom is 0.338 e. The molecule has 2 aliphatic rings. The number of halogens is 1. The molecule has 0 unspecified atom stereocenters. The minimum atomic E-state index is -0.424. The van der Waals surface area contributed by atoms with E-state index in [1.165, 1.54) is 13.5 Å². The van der Waals surface area contributed by atoms with Gasteiger partial charge in [-0.15, -0.1) is 0 Å². The fraction of sp³-hybridized carbons (Fsp3) is 0.303. The Morgan fingerprint density at radius 1 is 1.05 bits per heavy atom. The summed E-state index contributed by atoms with van der Waals surface area (Å²) in [6.45, 7) is 6.56. The zero-order valence-corrected chi connectivity index (χ0v) is 25.4. The Balaban J connectivity index is 1.40. The third-order valence-electron chi connectivity index (χ3n) is 8.03. The van der Waals surface area contributed by atoms with Gasteiger partial charge in [0.2, 0.25) is 0 Å². The van der Waals surface area contributed by atoms with Crippen LogP contribution in [0.15, 0.2) is 83.4 Å². The van der Waals surface area contributed by atoms with Crippen molar-refractivity contribution in [1.82, 2.24) is 10.3 Å². The van der Waals surface area contributed by atoms with Crippen LogP contribution in [-0.4, -0.2) is 36.3 Å². The number of aromatic nitrogens is 1. The highest BCUT2D eigenvalue weighted by Crippen LogP contribution is 2.45. The van der Waals surface area contributed by atoms with Gasteiger partial charge in [-0.25, -0.2) is 4.79 Å². The number of nitrogens with one attached hydrogen (secondary N) is 1. The van der Waals surface area contributed by atoms with E-state index < -0.39 is 5.97 Å². The molecule has 2 aromatic heterocycles. The van der Waals surface area contributed by atoms with Crippen molar-refractivity contribution in [2.24, 2.45) is 11.8 Å². The Kier molecular flexibility index (Phi) is 7.92. The molecule has 0 amide bonds. The van der Waals surface area contributed by atoms with E-state index in [2.05, 4.69) is 41.2 Å². The number of esters is 1. The van der Waals surface area contributed by atoms with Gasteiger partial charge in [-0.1, -0.05) is 49.7 Å². The number of benzene rings is 2. The Morgan fingerprint density at radius 3 is 2.52 bits per heavy atom. The van der Waals surface area contributed by atoms with Crippen LogP contribution < -0.4 is 15.1 Å². The summed E-state index contributed by atoms with van der Waals surface area (Å²) < 4.78 is 11.5. The van der Waals surface area contributed by atoms with Crippen LogP contribution in [0.3, 0.4) is 0 Å². The van der Waals surface area contributed by atoms with E-state index in [4.69, 9.17) is 33.0 Å². The van der Waals surface area contributed by atoms with E-state index in [1.807, 2.05) is 53.4 Å². The van der Waals surface area contributed by atoms with Crippen molar-refractivity contribution in [1.29, 1.82) is 0 Å². The third-order valence-corrected chi connectivity index (χ3v) is 8.65. The van der Waals surface area contributed by atoms with E-state index in [0.717, 1.165) is 30.2 Å². The van der Waals surface area contributed by atoms with Gasteiger partial charge < -0.3 is 24.3 Å². The van der Waals surface area contributed by atoms with Crippen molar-refractivity contribution in [2.75, 3.05) is 30.0 Å². The SMILES string of the molecule is COC(=O)c1ccccc1-c1ccc([C@@H]2[C@@H](c3ccccn3)NC(=S)N2c2ccc(N3C[C@H](C)C[C@H](C)C3)c(Cl)c2)o1. The molecular weight excluding hydrogens is 568 g/mol. The van der Waals surface area contributed by atoms with Gasteiger partial charge >= 0.3 is 5.97 Å². The van der Waals surface area contributed by atoms with Crippen LogP contribution in [0.1, 0.15) is 54.2 Å². The number of piperidine rings is 1. The van der Waals surface area contributed by atoms with Crippen LogP contribution in [0, 0.1) is 11.8 Å². The van der Waals surface area contributed by atoms with E-state index in [0.29, 0.717) is 44.6 Å². The highest BCUT2D eigenvalue weighted by Gasteiger charge is 2.43. The maximum atomic E-state index is 12.5. The van der Waals surface area contributed by atoms with Gasteiger partial charge in [0.05, 0.1) is 35.1 Å². The first-order valence-electron chi connectivity index (χ1n) is 14.2. The molecule has 0 saturated carbocycles. The van der Waals surface area contributed by atoms with Crippen LogP contribution in [0.4, 0.5) is 11.4 Å². The van der Waals surface area contributed by atoms with Gasteiger partial charge in [-0.3, -0.25) is 4.98 Å². The smallest absolute Gasteiger partial charge is 0.338 e. The quantitative estimate of drug-likeness (QED) is 0.181. The Labute approximate surface area is 256 Å². The van der Waals surface area contributed by atoms with Crippen molar-refractivity contribution in [2.45, 2.75) is 32.4 Å². The molecule has 1 N–H and O–H groups in total. The minimum Gasteiger partial charge on any atom is -0.465 e. The first-order valence-corrected chi connectivity index (χ1v) is 14.9. The first kappa shape index (κ1) is 28.2. The molecular formula is C33H33ClN4O3S. The van der Waals surface area contributed by atoms with Crippen molar-refractivity contribution in [3.05, 3.63) is 101 Å². The number of rotatable bonds is 6. The lowest BCUT2D eigenvalue weighted by molar-refractivity contribution is 0.0601. The molecule has 0 aliphatic carbocycles. The number of pyridine rings is 1. The molecule has 6 rings (SSSR count). The van der Waals surface area contributed by atoms with Crippen molar-refractivity contribution < 1.29 is 13.9 Å². The van der Waals surface area contributed by atoms with Gasteiger partial charge in [0, 0.05) is 30.5 Å². The predicted octanol–water partition coefficient (Wildman–Crippen LogP) is 7.44. The molecule has 216 valence electrons. The van der Waals surface area contributed by atoms with E-state index in [1.54, 1.807) is 18.3 Å². The number of carbonyl (C=O) groups excluding carboxylic acids is 1. The first-order chi connectivity index (χ1) is 20.3. The molecule has 4 aromatic rings. The number of nitrogens with zero attached hydrogens (tertiary/aromatic N) is 3. The zero-order valence-electron chi connectivity index (χ0n) is 23.8. The van der Waals surface area contributed by atoms with E-state index in [-0.39, 0.29) is 12.1 Å². The lowest BCUT2D eigenvalue weighted by atomic mass is 9.91. The van der Waals surface area contributed by atoms with Crippen LogP contribution in [0.25, 0.3) is 11.3 Å². The second-order valence-electron chi connectivity index (χ2n) is 11.2. The fourth-order valence-corrected chi connectivity index (χ4v) is 6.97. The molecule has 42 heavy (non-hydrogen) atoms. The van der Waals surface area contributed by atoms with Crippen LogP contribution in [-0.2, 0) is 4.74 Å². The summed E-state index contributed by atoms with van der Waals surface area (Å²) in [4.78, 5) is 21.5. The number of methoxy groups -OCH3 is 1. The topological polar surface area (TPSA) is 70.8 Å². The maximum absolute atomic E-state index is 12.5. The summed E-state index contributed by atoms with van der Waals surface area (Å²) in [6.07, 6.45) is 3.00. The van der Waals surface area contributed by atoms with E-state index >= 15 is 0 Å². The van der Waals surface area contributed by atoms with Gasteiger partial charge in [-0.05, 0) is 79.0 Å². The number of hydrogen-bond donors (Lipinski definition) is 1. The molecule has 2 aromatic carbocycles. The normalized spacial score (nSPS) is 22.2. The molecule has 4 heterocycles. The number of hydrogen-bond acceptors (Lipinski definition) is 6. The summed E-state index contributed by atoms with van der Waals surface area (Å²) in [5.41, 5.74) is 3.81. The lowest BCUT2D eigenvalue weighted by Gasteiger charge is -2.37. The average Bonchev–Trinajstić information content (AvgIpc) is 3.61. The number of ether oxygens (including phenoxy) is 1. The van der Waals surface area contributed by atoms with Crippen molar-refractivity contribution in [3.8, 4) is 11.3 Å². The molecule has 9 heteroatoms. The molecule has 7 nitrogen and oxygen atoms in total. The number of anilines is 2. The van der Waals surface area contributed by atoms with Gasteiger partial charge in [0.1, 0.15) is 17.6 Å². The zero-order chi connectivity index (χ0) is 29.4. The predicted molar refractivity (Wildman–Crippen MR) is 170 cm³/mol. The standard InChI is InChI=1S/C33H33ClN4O3S/c1-20-16-21(2)19-37(18-20)27-12-11-22(17-25(27)34)38-31(30(36-33(38)42)26-10-6-7-15-35-26)29-14-13-28(41-29)23-8-4-5-9-24(23)32(39)40-3/h4-15,17,20-21,30-31H,16,18-19H2,1-3H3,(H,36,42)/t20-,21+,30-,31-/m1/s1. The van der Waals surface area contributed by atoms with Crippen LogP contribution in [0.2, 0.25) is 5.02 Å². The molecule has 0 bridgehead atoms. The van der Waals surface area contributed by atoms with Crippen LogP contribution in [0.5, 0.6) is 0 Å². The Bertz CT molecular complexity index is 1600. The molecule has 2 saturated heterocycles. The highest BCUT2D eigenvalue weighted by molar-refractivity contribution is 7.80. The minimum absolute atomic E-state index is 0.282. The van der Waals surface area contributed by atoms with Gasteiger partial charge in [-0.2, -0.15) is 0 Å². The van der Waals surface area contributed by atoms with Gasteiger partial charge in [0.15, 0.2) is 5.11 Å². The summed E-state index contributed by atoms with van der Waals surface area (Å²) >= 11 is 12.9.